The summed E-state index contributed by atoms with van der Waals surface area (Å²) < 4.78 is 7.55. The number of hydrogen-bond acceptors (Lipinski definition) is 4. The summed E-state index contributed by atoms with van der Waals surface area (Å²) in [6, 6.07) is 15.8. The minimum atomic E-state index is 0.0281. The molecule has 1 fully saturated rings. The Bertz CT molecular complexity index is 979. The van der Waals surface area contributed by atoms with Crippen molar-refractivity contribution < 1.29 is 9.53 Å². The maximum Gasteiger partial charge on any atom is 0.167 e. The molecule has 5 nitrogen and oxygen atoms in total. The van der Waals surface area contributed by atoms with Gasteiger partial charge in [-0.2, -0.15) is 0 Å². The van der Waals surface area contributed by atoms with E-state index in [1.165, 1.54) is 5.52 Å². The maximum atomic E-state index is 13.0. The molecule has 0 aliphatic carbocycles. The zero-order chi connectivity index (χ0) is 19.5. The minimum Gasteiger partial charge on any atom is -0.497 e. The Morgan fingerprint density at radius 3 is 2.89 bits per heavy atom. The van der Waals surface area contributed by atoms with Crippen molar-refractivity contribution in [3.05, 3.63) is 59.9 Å². The third-order valence-corrected chi connectivity index (χ3v) is 5.65. The Labute approximate surface area is 165 Å². The third-order valence-electron chi connectivity index (χ3n) is 5.65. The van der Waals surface area contributed by atoms with Gasteiger partial charge in [-0.25, -0.2) is 4.98 Å². The lowest BCUT2D eigenvalue weighted by Crippen LogP contribution is -2.38. The predicted octanol–water partition coefficient (Wildman–Crippen LogP) is 4.16. The molecular weight excluding hydrogens is 350 g/mol. The zero-order valence-electron chi connectivity index (χ0n) is 16.6. The first-order valence-electron chi connectivity index (χ1n) is 10.0. The van der Waals surface area contributed by atoms with Gasteiger partial charge in [0.25, 0.3) is 0 Å². The number of ketones is 1. The highest BCUT2D eigenvalue weighted by atomic mass is 16.5. The van der Waals surface area contributed by atoms with Gasteiger partial charge in [0.1, 0.15) is 11.6 Å². The van der Waals surface area contributed by atoms with E-state index < -0.39 is 0 Å². The van der Waals surface area contributed by atoms with E-state index in [-0.39, 0.29) is 11.7 Å². The van der Waals surface area contributed by atoms with Crippen molar-refractivity contribution in [2.75, 3.05) is 20.2 Å². The molecule has 0 bridgehead atoms. The summed E-state index contributed by atoms with van der Waals surface area (Å²) in [7, 11) is 1.63. The number of fused-ring (bicyclic) bond motifs is 1. The number of imidazole rings is 1. The van der Waals surface area contributed by atoms with Crippen LogP contribution in [-0.2, 0) is 13.1 Å². The number of hydrogen-bond donors (Lipinski definition) is 0. The largest absolute Gasteiger partial charge is 0.497 e. The van der Waals surface area contributed by atoms with Crippen molar-refractivity contribution in [2.24, 2.45) is 5.92 Å². The second kappa shape index (κ2) is 8.15. The number of rotatable bonds is 6. The first kappa shape index (κ1) is 18.7. The molecule has 0 spiro atoms. The number of aromatic nitrogens is 2. The number of carbonyl (C=O) groups is 1. The molecule has 1 aromatic heterocycles. The van der Waals surface area contributed by atoms with Gasteiger partial charge in [0.05, 0.1) is 24.7 Å². The SMILES string of the molecule is CCn1c(CN2CCC[C@H](C(=O)c3cccc(OC)c3)C2)nc2ccccc21. The van der Waals surface area contributed by atoms with Gasteiger partial charge in [0.15, 0.2) is 5.78 Å². The average Bonchev–Trinajstić information content (AvgIpc) is 3.10. The number of likely N-dealkylation sites (tertiary alicyclic amines) is 1. The maximum absolute atomic E-state index is 13.0. The fourth-order valence-electron chi connectivity index (χ4n) is 4.22. The molecule has 3 aromatic rings. The molecule has 146 valence electrons. The van der Waals surface area contributed by atoms with E-state index in [1.807, 2.05) is 30.3 Å². The molecule has 1 atom stereocenters. The van der Waals surface area contributed by atoms with Crippen molar-refractivity contribution in [1.82, 2.24) is 14.5 Å². The van der Waals surface area contributed by atoms with E-state index in [0.717, 1.165) is 61.7 Å². The molecule has 0 saturated carbocycles. The molecule has 0 unspecified atom stereocenters. The number of benzene rings is 2. The molecule has 1 aliphatic rings. The molecule has 2 heterocycles. The summed E-state index contributed by atoms with van der Waals surface area (Å²) in [4.78, 5) is 20.2. The van der Waals surface area contributed by atoms with Crippen molar-refractivity contribution in [2.45, 2.75) is 32.9 Å². The number of piperidine rings is 1. The van der Waals surface area contributed by atoms with E-state index in [4.69, 9.17) is 9.72 Å². The molecule has 28 heavy (non-hydrogen) atoms. The summed E-state index contributed by atoms with van der Waals surface area (Å²) in [6.07, 6.45) is 1.98. The molecule has 2 aromatic carbocycles. The second-order valence-corrected chi connectivity index (χ2v) is 7.43. The lowest BCUT2D eigenvalue weighted by Gasteiger charge is -2.31. The van der Waals surface area contributed by atoms with E-state index in [0.29, 0.717) is 0 Å². The van der Waals surface area contributed by atoms with E-state index >= 15 is 0 Å². The Balaban J connectivity index is 1.50. The molecule has 0 N–H and O–H groups in total. The van der Waals surface area contributed by atoms with Gasteiger partial charge >= 0.3 is 0 Å². The summed E-state index contributed by atoms with van der Waals surface area (Å²) >= 11 is 0. The van der Waals surface area contributed by atoms with Crippen LogP contribution in [0.1, 0.15) is 35.9 Å². The van der Waals surface area contributed by atoms with Gasteiger partial charge in [0, 0.05) is 24.6 Å². The topological polar surface area (TPSA) is 47.4 Å². The first-order chi connectivity index (χ1) is 13.7. The van der Waals surface area contributed by atoms with Crippen LogP contribution in [0.5, 0.6) is 5.75 Å². The Morgan fingerprint density at radius 1 is 1.21 bits per heavy atom. The molecule has 4 rings (SSSR count). The normalized spacial score (nSPS) is 17.7. The summed E-state index contributed by atoms with van der Waals surface area (Å²) in [6.45, 7) is 5.63. The van der Waals surface area contributed by atoms with Crippen LogP contribution in [-0.4, -0.2) is 40.4 Å². The van der Waals surface area contributed by atoms with Crippen LogP contribution < -0.4 is 4.74 Å². The van der Waals surface area contributed by atoms with E-state index in [2.05, 4.69) is 34.6 Å². The summed E-state index contributed by atoms with van der Waals surface area (Å²) in [5.74, 6) is 2.06. The van der Waals surface area contributed by atoms with E-state index in [9.17, 15) is 4.79 Å². The summed E-state index contributed by atoms with van der Waals surface area (Å²) in [5.41, 5.74) is 2.97. The van der Waals surface area contributed by atoms with Crippen molar-refractivity contribution in [3.63, 3.8) is 0 Å². The average molecular weight is 377 g/mol. The van der Waals surface area contributed by atoms with Crippen molar-refractivity contribution >= 4 is 16.8 Å². The Hall–Kier alpha value is -2.66. The number of carbonyl (C=O) groups excluding carboxylic acids is 1. The van der Waals surface area contributed by atoms with Gasteiger partial charge in [-0.1, -0.05) is 24.3 Å². The molecule has 1 aliphatic heterocycles. The van der Waals surface area contributed by atoms with Crippen LogP contribution >= 0.6 is 0 Å². The molecule has 5 heteroatoms. The predicted molar refractivity (Wildman–Crippen MR) is 111 cm³/mol. The van der Waals surface area contributed by atoms with Crippen LogP contribution in [0.15, 0.2) is 48.5 Å². The second-order valence-electron chi connectivity index (χ2n) is 7.43. The quantitative estimate of drug-likeness (QED) is 0.605. The summed E-state index contributed by atoms with van der Waals surface area (Å²) in [5, 5.41) is 0. The molecule has 1 saturated heterocycles. The van der Waals surface area contributed by atoms with Crippen molar-refractivity contribution in [3.8, 4) is 5.75 Å². The third kappa shape index (κ3) is 3.67. The van der Waals surface area contributed by atoms with Gasteiger partial charge < -0.3 is 9.30 Å². The Kier molecular flexibility index (Phi) is 5.44. The minimum absolute atomic E-state index is 0.0281. The first-order valence-corrected chi connectivity index (χ1v) is 10.0. The van der Waals surface area contributed by atoms with E-state index in [1.54, 1.807) is 7.11 Å². The fraction of sp³-hybridized carbons (Fsp3) is 0.391. The van der Waals surface area contributed by atoms with Crippen LogP contribution in [0.2, 0.25) is 0 Å². The van der Waals surface area contributed by atoms with Crippen LogP contribution in [0, 0.1) is 5.92 Å². The number of aryl methyl sites for hydroxylation is 1. The number of nitrogens with zero attached hydrogens (tertiary/aromatic N) is 3. The fourth-order valence-corrected chi connectivity index (χ4v) is 4.22. The lowest BCUT2D eigenvalue weighted by molar-refractivity contribution is 0.0807. The van der Waals surface area contributed by atoms with Crippen molar-refractivity contribution in [1.29, 1.82) is 0 Å². The number of ether oxygens (including phenoxy) is 1. The van der Waals surface area contributed by atoms with Gasteiger partial charge in [-0.15, -0.1) is 0 Å². The number of para-hydroxylation sites is 2. The van der Waals surface area contributed by atoms with Gasteiger partial charge in [-0.3, -0.25) is 9.69 Å². The highest BCUT2D eigenvalue weighted by molar-refractivity contribution is 5.98. The Morgan fingerprint density at radius 2 is 2.07 bits per heavy atom. The molecule has 0 radical (unpaired) electrons. The standard InChI is InChI=1S/C23H27N3O2/c1-3-26-21-12-5-4-11-20(21)24-22(26)16-25-13-7-9-18(15-25)23(27)17-8-6-10-19(14-17)28-2/h4-6,8,10-12,14,18H,3,7,9,13,15-16H2,1-2H3/t18-/m0/s1. The number of Topliss-reactive ketones (excluding diaryl/α,β-unsaturated/α-hetero) is 1. The monoisotopic (exact) mass is 377 g/mol. The molecule has 0 amide bonds. The van der Waals surface area contributed by atoms with Gasteiger partial charge in [-0.05, 0) is 50.6 Å². The zero-order valence-corrected chi connectivity index (χ0v) is 16.6. The highest BCUT2D eigenvalue weighted by Gasteiger charge is 2.27. The number of methoxy groups -OCH3 is 1. The molecular formula is C23H27N3O2. The lowest BCUT2D eigenvalue weighted by atomic mass is 9.90. The smallest absolute Gasteiger partial charge is 0.167 e. The van der Waals surface area contributed by atoms with Crippen LogP contribution in [0.25, 0.3) is 11.0 Å². The van der Waals surface area contributed by atoms with Crippen LogP contribution in [0.3, 0.4) is 0 Å². The van der Waals surface area contributed by atoms with Crippen LogP contribution in [0.4, 0.5) is 0 Å². The highest BCUT2D eigenvalue weighted by Crippen LogP contribution is 2.25. The van der Waals surface area contributed by atoms with Gasteiger partial charge in [0.2, 0.25) is 0 Å².